The Kier molecular flexibility index (Phi) is 6.56. The molecule has 0 bridgehead atoms. The fourth-order valence-corrected chi connectivity index (χ4v) is 3.31. The minimum absolute atomic E-state index is 0.112. The first kappa shape index (κ1) is 21.6. The third-order valence-corrected chi connectivity index (χ3v) is 5.06. The molecule has 0 unspecified atom stereocenters. The van der Waals surface area contributed by atoms with E-state index in [-0.39, 0.29) is 29.0 Å². The Labute approximate surface area is 189 Å². The van der Waals surface area contributed by atoms with Crippen molar-refractivity contribution in [2.75, 3.05) is 5.32 Å². The zero-order valence-corrected chi connectivity index (χ0v) is 18.1. The Hall–Kier alpha value is -3.58. The van der Waals surface area contributed by atoms with Crippen LogP contribution in [0, 0.1) is 5.82 Å². The largest absolute Gasteiger partial charge is 0.486 e. The van der Waals surface area contributed by atoms with E-state index in [1.165, 1.54) is 22.4 Å². The van der Waals surface area contributed by atoms with E-state index in [1.54, 1.807) is 30.5 Å². The van der Waals surface area contributed by atoms with Crippen molar-refractivity contribution in [1.82, 2.24) is 9.78 Å². The minimum Gasteiger partial charge on any atom is -0.486 e. The molecular formula is C24H21ClFN3O3. The van der Waals surface area contributed by atoms with Gasteiger partial charge in [-0.2, -0.15) is 5.10 Å². The predicted molar refractivity (Wildman–Crippen MR) is 120 cm³/mol. The Balaban J connectivity index is 1.36. The maximum atomic E-state index is 13.4. The first-order chi connectivity index (χ1) is 15.5. The lowest BCUT2D eigenvalue weighted by molar-refractivity contribution is 0.0992. The van der Waals surface area contributed by atoms with Gasteiger partial charge in [0.25, 0.3) is 5.91 Å². The van der Waals surface area contributed by atoms with Crippen LogP contribution in [-0.4, -0.2) is 15.7 Å². The number of amides is 1. The zero-order valence-electron chi connectivity index (χ0n) is 17.3. The van der Waals surface area contributed by atoms with Gasteiger partial charge in [-0.3, -0.25) is 9.48 Å². The summed E-state index contributed by atoms with van der Waals surface area (Å²) in [6, 6.07) is 17.2. The summed E-state index contributed by atoms with van der Waals surface area (Å²) in [5.74, 6) is 0.725. The molecule has 2 aromatic carbocycles. The van der Waals surface area contributed by atoms with Gasteiger partial charge in [0.2, 0.25) is 0 Å². The standard InChI is InChI=1S/C24H21ClFN3O3/c1-2-16-6-8-19(9-7-16)31-15-20-10-11-22(32-20)24(30)27-23-21(25)14-29(28-23)13-17-4-3-5-18(26)12-17/h3-12,14H,2,13,15H2,1H3,(H,27,28,30). The van der Waals surface area contributed by atoms with Crippen LogP contribution in [0.4, 0.5) is 10.2 Å². The first-order valence-corrected chi connectivity index (χ1v) is 10.5. The van der Waals surface area contributed by atoms with E-state index >= 15 is 0 Å². The van der Waals surface area contributed by atoms with E-state index in [1.807, 2.05) is 24.3 Å². The van der Waals surface area contributed by atoms with E-state index < -0.39 is 5.91 Å². The molecule has 6 nitrogen and oxygen atoms in total. The second kappa shape index (κ2) is 9.70. The molecule has 0 aliphatic heterocycles. The summed E-state index contributed by atoms with van der Waals surface area (Å²) in [6.07, 6.45) is 2.53. The normalized spacial score (nSPS) is 10.8. The van der Waals surface area contributed by atoms with Gasteiger partial charge in [0.15, 0.2) is 11.6 Å². The van der Waals surface area contributed by atoms with Crippen molar-refractivity contribution in [2.24, 2.45) is 0 Å². The summed E-state index contributed by atoms with van der Waals surface area (Å²) in [6.45, 7) is 2.60. The van der Waals surface area contributed by atoms with Crippen molar-refractivity contribution < 1.29 is 18.3 Å². The molecule has 1 N–H and O–H groups in total. The van der Waals surface area contributed by atoms with Crippen molar-refractivity contribution >= 4 is 23.3 Å². The van der Waals surface area contributed by atoms with Gasteiger partial charge in [0, 0.05) is 6.20 Å². The number of benzene rings is 2. The molecule has 164 valence electrons. The van der Waals surface area contributed by atoms with Crippen LogP contribution in [0.25, 0.3) is 0 Å². The number of hydrogen-bond donors (Lipinski definition) is 1. The van der Waals surface area contributed by atoms with Crippen molar-refractivity contribution in [3.63, 3.8) is 0 Å². The second-order valence-corrected chi connectivity index (χ2v) is 7.57. The molecule has 32 heavy (non-hydrogen) atoms. The van der Waals surface area contributed by atoms with E-state index in [4.69, 9.17) is 20.8 Å². The van der Waals surface area contributed by atoms with Crippen LogP contribution < -0.4 is 10.1 Å². The number of nitrogens with one attached hydrogen (secondary N) is 1. The van der Waals surface area contributed by atoms with E-state index in [0.717, 1.165) is 17.7 Å². The SMILES string of the molecule is CCc1ccc(OCc2ccc(C(=O)Nc3nn(Cc4cccc(F)c4)cc3Cl)o2)cc1. The maximum absolute atomic E-state index is 13.4. The average molecular weight is 454 g/mol. The predicted octanol–water partition coefficient (Wildman–Crippen LogP) is 5.71. The third kappa shape index (κ3) is 5.36. The number of ether oxygens (including phenoxy) is 1. The summed E-state index contributed by atoms with van der Waals surface area (Å²) in [5, 5.41) is 7.16. The highest BCUT2D eigenvalue weighted by molar-refractivity contribution is 6.33. The molecule has 0 saturated heterocycles. The lowest BCUT2D eigenvalue weighted by Gasteiger charge is -2.05. The van der Waals surface area contributed by atoms with Gasteiger partial charge >= 0.3 is 0 Å². The van der Waals surface area contributed by atoms with E-state index in [0.29, 0.717) is 12.3 Å². The van der Waals surface area contributed by atoms with Gasteiger partial charge in [-0.25, -0.2) is 4.39 Å². The summed E-state index contributed by atoms with van der Waals surface area (Å²) < 4.78 is 26.2. The number of halogens is 2. The third-order valence-electron chi connectivity index (χ3n) is 4.78. The zero-order chi connectivity index (χ0) is 22.5. The molecule has 0 radical (unpaired) electrons. The van der Waals surface area contributed by atoms with Gasteiger partial charge in [-0.05, 0) is 53.9 Å². The number of aromatic nitrogens is 2. The summed E-state index contributed by atoms with van der Waals surface area (Å²) in [5.41, 5.74) is 1.95. The average Bonchev–Trinajstić information content (AvgIpc) is 3.39. The lowest BCUT2D eigenvalue weighted by Crippen LogP contribution is -2.12. The monoisotopic (exact) mass is 453 g/mol. The van der Waals surface area contributed by atoms with Crippen molar-refractivity contribution in [1.29, 1.82) is 0 Å². The number of hydrogen-bond acceptors (Lipinski definition) is 4. The highest BCUT2D eigenvalue weighted by Gasteiger charge is 2.16. The van der Waals surface area contributed by atoms with Crippen molar-refractivity contribution in [3.05, 3.63) is 100 Å². The molecule has 2 heterocycles. The van der Waals surface area contributed by atoms with Crippen LogP contribution in [0.2, 0.25) is 5.02 Å². The van der Waals surface area contributed by atoms with Crippen LogP contribution in [0.5, 0.6) is 5.75 Å². The molecular weight excluding hydrogens is 433 g/mol. The van der Waals surface area contributed by atoms with Crippen LogP contribution in [0.15, 0.2) is 71.3 Å². The molecule has 0 spiro atoms. The highest BCUT2D eigenvalue weighted by Crippen LogP contribution is 2.22. The number of nitrogens with zero attached hydrogens (tertiary/aromatic N) is 2. The van der Waals surface area contributed by atoms with E-state index in [9.17, 15) is 9.18 Å². The molecule has 8 heteroatoms. The molecule has 0 aliphatic rings. The molecule has 2 aromatic heterocycles. The second-order valence-electron chi connectivity index (χ2n) is 7.16. The van der Waals surface area contributed by atoms with Gasteiger partial charge in [0.1, 0.15) is 29.0 Å². The van der Waals surface area contributed by atoms with Crippen molar-refractivity contribution in [3.8, 4) is 5.75 Å². The maximum Gasteiger partial charge on any atom is 0.292 e. The number of carbonyl (C=O) groups excluding carboxylic acids is 1. The Morgan fingerprint density at radius 3 is 2.72 bits per heavy atom. The van der Waals surface area contributed by atoms with Gasteiger partial charge in [-0.15, -0.1) is 0 Å². The smallest absolute Gasteiger partial charge is 0.292 e. The van der Waals surface area contributed by atoms with Crippen molar-refractivity contribution in [2.45, 2.75) is 26.5 Å². The molecule has 4 rings (SSSR count). The summed E-state index contributed by atoms with van der Waals surface area (Å²) >= 11 is 6.20. The molecule has 0 aliphatic carbocycles. The molecule has 0 atom stereocenters. The van der Waals surface area contributed by atoms with Gasteiger partial charge < -0.3 is 14.5 Å². The summed E-state index contributed by atoms with van der Waals surface area (Å²) in [7, 11) is 0. The Morgan fingerprint density at radius 1 is 1.16 bits per heavy atom. The van der Waals surface area contributed by atoms with Gasteiger partial charge in [-0.1, -0.05) is 42.8 Å². The van der Waals surface area contributed by atoms with Crippen LogP contribution in [-0.2, 0) is 19.6 Å². The lowest BCUT2D eigenvalue weighted by atomic mass is 10.2. The number of furan rings is 1. The number of carbonyl (C=O) groups is 1. The fourth-order valence-electron chi connectivity index (χ4n) is 3.11. The number of rotatable bonds is 8. The van der Waals surface area contributed by atoms with Gasteiger partial charge in [0.05, 0.1) is 6.54 Å². The summed E-state index contributed by atoms with van der Waals surface area (Å²) in [4.78, 5) is 12.5. The topological polar surface area (TPSA) is 69.3 Å². The fraction of sp³-hybridized carbons (Fsp3) is 0.167. The van der Waals surface area contributed by atoms with Crippen LogP contribution in [0.1, 0.15) is 34.4 Å². The molecule has 0 fully saturated rings. The number of anilines is 1. The molecule has 0 saturated carbocycles. The molecule has 1 amide bonds. The highest BCUT2D eigenvalue weighted by atomic mass is 35.5. The number of aryl methyl sites for hydroxylation is 1. The Bertz CT molecular complexity index is 1220. The minimum atomic E-state index is -0.485. The van der Waals surface area contributed by atoms with Crippen LogP contribution >= 0.6 is 11.6 Å². The van der Waals surface area contributed by atoms with E-state index in [2.05, 4.69) is 17.3 Å². The first-order valence-electron chi connectivity index (χ1n) is 10.1. The molecule has 4 aromatic rings. The van der Waals surface area contributed by atoms with Crippen LogP contribution in [0.3, 0.4) is 0 Å². The Morgan fingerprint density at radius 2 is 1.97 bits per heavy atom. The quantitative estimate of drug-likeness (QED) is 0.371.